The number of amides is 2. The molecule has 4 aliphatic rings. The average molecular weight is 248 g/mol. The molecular formula is C15H24N2O. The Kier molecular flexibility index (Phi) is 3.08. The molecule has 0 aromatic carbocycles. The Morgan fingerprint density at radius 3 is 2.22 bits per heavy atom. The van der Waals surface area contributed by atoms with Crippen molar-refractivity contribution in [2.75, 3.05) is 0 Å². The number of hydrogen-bond donors (Lipinski definition) is 2. The number of carbonyl (C=O) groups excluding carboxylic acids is 1. The van der Waals surface area contributed by atoms with E-state index in [1.165, 1.54) is 38.5 Å². The van der Waals surface area contributed by atoms with Gasteiger partial charge >= 0.3 is 6.03 Å². The van der Waals surface area contributed by atoms with Crippen molar-refractivity contribution in [3.8, 4) is 0 Å². The molecule has 0 atom stereocenters. The highest BCUT2D eigenvalue weighted by Crippen LogP contribution is 2.55. The molecular weight excluding hydrogens is 224 g/mol. The van der Waals surface area contributed by atoms with Crippen LogP contribution in [-0.4, -0.2) is 11.6 Å². The fourth-order valence-electron chi connectivity index (χ4n) is 4.79. The summed E-state index contributed by atoms with van der Waals surface area (Å²) in [7, 11) is 0. The van der Waals surface area contributed by atoms with Gasteiger partial charge in [0.05, 0.1) is 0 Å². The molecule has 4 saturated carbocycles. The fourth-order valence-corrected chi connectivity index (χ4v) is 4.79. The highest BCUT2D eigenvalue weighted by molar-refractivity contribution is 5.75. The van der Waals surface area contributed by atoms with Crippen LogP contribution in [0.15, 0.2) is 12.3 Å². The van der Waals surface area contributed by atoms with E-state index < -0.39 is 0 Å². The Morgan fingerprint density at radius 1 is 1.17 bits per heavy atom. The maximum atomic E-state index is 11.9. The monoisotopic (exact) mass is 248 g/mol. The summed E-state index contributed by atoms with van der Waals surface area (Å²) < 4.78 is 0. The maximum absolute atomic E-state index is 11.9. The third kappa shape index (κ3) is 2.27. The molecule has 0 heterocycles. The van der Waals surface area contributed by atoms with E-state index in [-0.39, 0.29) is 11.6 Å². The topological polar surface area (TPSA) is 41.1 Å². The standard InChI is InChI=1S/C15H24N2O/c1-2-3-4-16-14(18)17-15-8-11-5-12(9-15)7-13(6-11)10-15/h3-4,11-13H,2,5-10H2,1H3,(H2,16,17,18)/b4-3+. The van der Waals surface area contributed by atoms with Gasteiger partial charge in [-0.15, -0.1) is 0 Å². The Bertz CT molecular complexity index is 326. The van der Waals surface area contributed by atoms with E-state index in [0.29, 0.717) is 0 Å². The molecule has 4 bridgehead atoms. The summed E-state index contributed by atoms with van der Waals surface area (Å²) in [4.78, 5) is 11.9. The van der Waals surface area contributed by atoms with Crippen LogP contribution in [0.25, 0.3) is 0 Å². The van der Waals surface area contributed by atoms with Gasteiger partial charge in [0.15, 0.2) is 0 Å². The SMILES string of the molecule is CC/C=C/NC(=O)NC12CC3CC(CC(C3)C1)C2. The van der Waals surface area contributed by atoms with Crippen molar-refractivity contribution in [2.24, 2.45) is 17.8 Å². The van der Waals surface area contributed by atoms with Crippen LogP contribution < -0.4 is 10.6 Å². The molecule has 3 nitrogen and oxygen atoms in total. The van der Waals surface area contributed by atoms with Gasteiger partial charge < -0.3 is 10.6 Å². The number of urea groups is 1. The van der Waals surface area contributed by atoms with Gasteiger partial charge in [0.2, 0.25) is 0 Å². The molecule has 2 N–H and O–H groups in total. The lowest BCUT2D eigenvalue weighted by Gasteiger charge is -2.56. The molecule has 0 aromatic heterocycles. The quantitative estimate of drug-likeness (QED) is 0.791. The van der Waals surface area contributed by atoms with Crippen LogP contribution in [0.5, 0.6) is 0 Å². The summed E-state index contributed by atoms with van der Waals surface area (Å²) in [5.41, 5.74) is 0.124. The molecule has 4 fully saturated rings. The van der Waals surface area contributed by atoms with Gasteiger partial charge in [-0.05, 0) is 62.7 Å². The lowest BCUT2D eigenvalue weighted by atomic mass is 9.53. The molecule has 2 amide bonds. The molecule has 100 valence electrons. The van der Waals surface area contributed by atoms with Gasteiger partial charge in [-0.3, -0.25) is 0 Å². The minimum Gasteiger partial charge on any atom is -0.332 e. The van der Waals surface area contributed by atoms with E-state index in [4.69, 9.17) is 0 Å². The third-order valence-corrected chi connectivity index (χ3v) is 4.98. The summed E-state index contributed by atoms with van der Waals surface area (Å²) in [6.45, 7) is 2.06. The molecule has 0 spiro atoms. The molecule has 3 heteroatoms. The number of carbonyl (C=O) groups is 1. The second-order valence-electron chi connectivity index (χ2n) is 6.61. The molecule has 0 radical (unpaired) electrons. The zero-order valence-corrected chi connectivity index (χ0v) is 11.2. The number of hydrogen-bond acceptors (Lipinski definition) is 1. The maximum Gasteiger partial charge on any atom is 0.319 e. The van der Waals surface area contributed by atoms with Crippen LogP contribution in [0.1, 0.15) is 51.9 Å². The summed E-state index contributed by atoms with van der Waals surface area (Å²) in [6, 6.07) is -0.0124. The van der Waals surface area contributed by atoms with Gasteiger partial charge in [0, 0.05) is 11.7 Å². The summed E-state index contributed by atoms with van der Waals surface area (Å²) in [5.74, 6) is 2.63. The van der Waals surface area contributed by atoms with Crippen molar-refractivity contribution >= 4 is 6.03 Å². The van der Waals surface area contributed by atoms with Crippen molar-refractivity contribution in [3.05, 3.63) is 12.3 Å². The molecule has 0 aliphatic heterocycles. The Morgan fingerprint density at radius 2 is 1.72 bits per heavy atom. The molecule has 18 heavy (non-hydrogen) atoms. The van der Waals surface area contributed by atoms with Gasteiger partial charge in [0.1, 0.15) is 0 Å². The van der Waals surface area contributed by atoms with Crippen LogP contribution in [-0.2, 0) is 0 Å². The highest BCUT2D eigenvalue weighted by Gasteiger charge is 2.51. The van der Waals surface area contributed by atoms with Gasteiger partial charge in [0.25, 0.3) is 0 Å². The Labute approximate surface area is 109 Å². The molecule has 0 saturated heterocycles. The van der Waals surface area contributed by atoms with Gasteiger partial charge in [-0.25, -0.2) is 4.79 Å². The van der Waals surface area contributed by atoms with Crippen LogP contribution >= 0.6 is 0 Å². The third-order valence-electron chi connectivity index (χ3n) is 4.98. The number of rotatable bonds is 3. The normalized spacial score (nSPS) is 41.3. The van der Waals surface area contributed by atoms with Gasteiger partial charge in [-0.1, -0.05) is 13.0 Å². The molecule has 4 rings (SSSR count). The van der Waals surface area contributed by atoms with Crippen molar-refractivity contribution in [1.82, 2.24) is 10.6 Å². The first kappa shape index (κ1) is 12.1. The van der Waals surface area contributed by atoms with E-state index in [2.05, 4.69) is 17.6 Å². The van der Waals surface area contributed by atoms with E-state index in [0.717, 1.165) is 24.2 Å². The Hall–Kier alpha value is -0.990. The first-order valence-electron chi connectivity index (χ1n) is 7.43. The molecule has 0 aromatic rings. The fraction of sp³-hybridized carbons (Fsp3) is 0.800. The minimum atomic E-state index is -0.0124. The Balaban J connectivity index is 1.61. The second kappa shape index (κ2) is 4.60. The highest BCUT2D eigenvalue weighted by atomic mass is 16.2. The summed E-state index contributed by atoms with van der Waals surface area (Å²) in [5, 5.41) is 6.11. The van der Waals surface area contributed by atoms with Crippen LogP contribution in [0.3, 0.4) is 0 Å². The van der Waals surface area contributed by atoms with E-state index in [9.17, 15) is 4.79 Å². The largest absolute Gasteiger partial charge is 0.332 e. The zero-order chi connectivity index (χ0) is 12.6. The molecule has 4 aliphatic carbocycles. The minimum absolute atomic E-state index is 0.0124. The van der Waals surface area contributed by atoms with E-state index in [1.807, 2.05) is 6.08 Å². The lowest BCUT2D eigenvalue weighted by Crippen LogP contribution is -2.61. The van der Waals surface area contributed by atoms with Crippen LogP contribution in [0.4, 0.5) is 4.79 Å². The van der Waals surface area contributed by atoms with Crippen LogP contribution in [0, 0.1) is 17.8 Å². The van der Waals surface area contributed by atoms with Crippen molar-refractivity contribution in [1.29, 1.82) is 0 Å². The summed E-state index contributed by atoms with van der Waals surface area (Å²) >= 11 is 0. The molecule has 0 unspecified atom stereocenters. The van der Waals surface area contributed by atoms with Gasteiger partial charge in [-0.2, -0.15) is 0 Å². The van der Waals surface area contributed by atoms with E-state index in [1.54, 1.807) is 6.20 Å². The smallest absolute Gasteiger partial charge is 0.319 e. The van der Waals surface area contributed by atoms with E-state index >= 15 is 0 Å². The zero-order valence-electron chi connectivity index (χ0n) is 11.2. The first-order chi connectivity index (χ1) is 8.69. The van der Waals surface area contributed by atoms with Crippen molar-refractivity contribution < 1.29 is 4.79 Å². The number of allylic oxidation sites excluding steroid dienone is 1. The van der Waals surface area contributed by atoms with Crippen LogP contribution in [0.2, 0.25) is 0 Å². The predicted octanol–water partition coefficient (Wildman–Crippen LogP) is 3.18. The number of nitrogens with one attached hydrogen (secondary N) is 2. The average Bonchev–Trinajstić information content (AvgIpc) is 2.26. The van der Waals surface area contributed by atoms with Crippen molar-refractivity contribution in [2.45, 2.75) is 57.4 Å². The first-order valence-corrected chi connectivity index (χ1v) is 7.43. The summed E-state index contributed by atoms with van der Waals surface area (Å²) in [6.07, 6.45) is 12.6. The second-order valence-corrected chi connectivity index (χ2v) is 6.61. The predicted molar refractivity (Wildman–Crippen MR) is 72.0 cm³/mol. The van der Waals surface area contributed by atoms with Crippen molar-refractivity contribution in [3.63, 3.8) is 0 Å². The lowest BCUT2D eigenvalue weighted by molar-refractivity contribution is -0.0133.